The van der Waals surface area contributed by atoms with E-state index in [0.717, 1.165) is 32.1 Å². The van der Waals surface area contributed by atoms with E-state index >= 15 is 0 Å². The van der Waals surface area contributed by atoms with Crippen molar-refractivity contribution in [2.75, 3.05) is 6.54 Å². The molecule has 2 fully saturated rings. The smallest absolute Gasteiger partial charge is 0.180 e. The van der Waals surface area contributed by atoms with Crippen molar-refractivity contribution in [3.05, 3.63) is 0 Å². The third-order valence-electron chi connectivity index (χ3n) is 3.13. The summed E-state index contributed by atoms with van der Waals surface area (Å²) in [6.45, 7) is 0.778. The minimum Gasteiger partial charge on any atom is -0.301 e. The third-order valence-corrected chi connectivity index (χ3v) is 3.13. The Balaban J connectivity index is 2.28. The highest BCUT2D eigenvalue weighted by molar-refractivity contribution is 5.68. The number of aldehydes is 1. The Kier molecular flexibility index (Phi) is 1.19. The Morgan fingerprint density at radius 1 is 1.64 bits per heavy atom. The van der Waals surface area contributed by atoms with Crippen LogP contribution in [0, 0.1) is 17.4 Å². The summed E-state index contributed by atoms with van der Waals surface area (Å²) in [4.78, 5) is 12.4. The Hall–Kier alpha value is -1.04. The van der Waals surface area contributed by atoms with Crippen LogP contribution in [0.1, 0.15) is 19.3 Å². The normalized spacial score (nSPS) is 40.6. The monoisotopic (exact) mass is 150 g/mol. The molecule has 1 saturated carbocycles. The van der Waals surface area contributed by atoms with Gasteiger partial charge in [0.25, 0.3) is 0 Å². The molecule has 58 valence electrons. The minimum atomic E-state index is -0.366. The molecule has 2 atom stereocenters. The molecule has 0 aromatic heterocycles. The van der Waals surface area contributed by atoms with Gasteiger partial charge < -0.3 is 4.79 Å². The molecular formula is C8H10N2O. The zero-order valence-electron chi connectivity index (χ0n) is 6.29. The summed E-state index contributed by atoms with van der Waals surface area (Å²) in [5.41, 5.74) is -0.366. The number of hydrogen-bond acceptors (Lipinski definition) is 3. The summed E-state index contributed by atoms with van der Waals surface area (Å²) in [6.07, 6.45) is 6.08. The maximum atomic E-state index is 10.8. The van der Waals surface area contributed by atoms with E-state index in [2.05, 4.69) is 6.19 Å². The molecule has 3 heteroatoms. The highest BCUT2D eigenvalue weighted by atomic mass is 16.1. The molecule has 0 aromatic rings. The number of carbonyl (C=O) groups excluding carboxylic acids is 1. The van der Waals surface area contributed by atoms with Gasteiger partial charge in [0.1, 0.15) is 11.8 Å². The van der Waals surface area contributed by atoms with Gasteiger partial charge in [-0.3, -0.25) is 4.90 Å². The highest BCUT2D eigenvalue weighted by Gasteiger charge is 2.55. The quantitative estimate of drug-likeness (QED) is 0.404. The Morgan fingerprint density at radius 2 is 2.45 bits per heavy atom. The molecule has 2 rings (SSSR count). The van der Waals surface area contributed by atoms with Gasteiger partial charge in [0.05, 0.1) is 0 Å². The fourth-order valence-electron chi connectivity index (χ4n) is 2.25. The van der Waals surface area contributed by atoms with Crippen LogP contribution in [0.2, 0.25) is 0 Å². The van der Waals surface area contributed by atoms with Crippen molar-refractivity contribution in [1.29, 1.82) is 5.26 Å². The number of carbonyl (C=O) groups is 1. The molecule has 11 heavy (non-hydrogen) atoms. The van der Waals surface area contributed by atoms with Crippen LogP contribution in [0.25, 0.3) is 0 Å². The summed E-state index contributed by atoms with van der Waals surface area (Å²) in [7, 11) is 0. The standard InChI is InChI=1S/C8H10N2O/c9-6-10-4-2-7-1-3-8(7,10)5-11/h5,7H,1-4H2. The lowest BCUT2D eigenvalue weighted by Gasteiger charge is -2.43. The molecule has 0 aromatic carbocycles. The fourth-order valence-corrected chi connectivity index (χ4v) is 2.25. The first-order chi connectivity index (χ1) is 5.33. The predicted octanol–water partition coefficient (Wildman–Crippen LogP) is 0.521. The van der Waals surface area contributed by atoms with E-state index in [0.29, 0.717) is 5.92 Å². The molecule has 1 saturated heterocycles. The average molecular weight is 150 g/mol. The molecule has 0 radical (unpaired) electrons. The summed E-state index contributed by atoms with van der Waals surface area (Å²) < 4.78 is 0. The van der Waals surface area contributed by atoms with Gasteiger partial charge in [0.2, 0.25) is 0 Å². The van der Waals surface area contributed by atoms with Crippen molar-refractivity contribution < 1.29 is 4.79 Å². The molecule has 0 N–H and O–H groups in total. The molecule has 0 amide bonds. The Bertz CT molecular complexity index is 233. The van der Waals surface area contributed by atoms with Crippen molar-refractivity contribution in [2.45, 2.75) is 24.8 Å². The van der Waals surface area contributed by atoms with Gasteiger partial charge in [-0.1, -0.05) is 0 Å². The first-order valence-corrected chi connectivity index (χ1v) is 3.97. The van der Waals surface area contributed by atoms with Crippen LogP contribution >= 0.6 is 0 Å². The SMILES string of the molecule is N#CN1CCC2CCC21C=O. The summed E-state index contributed by atoms with van der Waals surface area (Å²) in [5, 5.41) is 8.70. The number of rotatable bonds is 1. The van der Waals surface area contributed by atoms with Crippen LogP contribution in [0.3, 0.4) is 0 Å². The van der Waals surface area contributed by atoms with Crippen molar-refractivity contribution in [2.24, 2.45) is 5.92 Å². The lowest BCUT2D eigenvalue weighted by Crippen LogP contribution is -2.53. The second kappa shape index (κ2) is 1.97. The van der Waals surface area contributed by atoms with Crippen LogP contribution in [-0.2, 0) is 4.79 Å². The van der Waals surface area contributed by atoms with Gasteiger partial charge in [0.15, 0.2) is 6.19 Å². The molecule has 0 bridgehead atoms. The van der Waals surface area contributed by atoms with E-state index in [1.54, 1.807) is 4.90 Å². The lowest BCUT2D eigenvalue weighted by molar-refractivity contribution is -0.122. The third kappa shape index (κ3) is 0.597. The number of likely N-dealkylation sites (tertiary alicyclic amines) is 1. The summed E-state index contributed by atoms with van der Waals surface area (Å²) in [5.74, 6) is 0.472. The fraction of sp³-hybridized carbons (Fsp3) is 0.750. The Morgan fingerprint density at radius 3 is 2.82 bits per heavy atom. The van der Waals surface area contributed by atoms with Gasteiger partial charge >= 0.3 is 0 Å². The molecule has 2 aliphatic rings. The number of nitrogens with zero attached hydrogens (tertiary/aromatic N) is 2. The largest absolute Gasteiger partial charge is 0.301 e. The van der Waals surface area contributed by atoms with Crippen LogP contribution in [-0.4, -0.2) is 23.3 Å². The van der Waals surface area contributed by atoms with Gasteiger partial charge in [-0.2, -0.15) is 5.26 Å². The highest BCUT2D eigenvalue weighted by Crippen LogP contribution is 2.48. The van der Waals surface area contributed by atoms with E-state index < -0.39 is 0 Å². The number of fused-ring (bicyclic) bond motifs is 1. The van der Waals surface area contributed by atoms with Crippen molar-refractivity contribution in [1.82, 2.24) is 4.90 Å². The van der Waals surface area contributed by atoms with Gasteiger partial charge in [-0.15, -0.1) is 0 Å². The molecule has 2 unspecified atom stereocenters. The van der Waals surface area contributed by atoms with E-state index in [1.165, 1.54) is 0 Å². The molecule has 0 spiro atoms. The van der Waals surface area contributed by atoms with Crippen molar-refractivity contribution in [3.63, 3.8) is 0 Å². The van der Waals surface area contributed by atoms with Crippen molar-refractivity contribution in [3.8, 4) is 6.19 Å². The second-order valence-electron chi connectivity index (χ2n) is 3.38. The van der Waals surface area contributed by atoms with Crippen LogP contribution in [0.15, 0.2) is 0 Å². The van der Waals surface area contributed by atoms with Gasteiger partial charge in [-0.25, -0.2) is 0 Å². The second-order valence-corrected chi connectivity index (χ2v) is 3.38. The molecular weight excluding hydrogens is 140 g/mol. The zero-order valence-corrected chi connectivity index (χ0v) is 6.29. The van der Waals surface area contributed by atoms with Gasteiger partial charge in [0, 0.05) is 6.54 Å². The lowest BCUT2D eigenvalue weighted by atomic mass is 9.68. The zero-order chi connectivity index (χ0) is 7.90. The number of hydrogen-bond donors (Lipinski definition) is 0. The van der Waals surface area contributed by atoms with Crippen molar-refractivity contribution >= 4 is 6.29 Å². The van der Waals surface area contributed by atoms with Crippen LogP contribution < -0.4 is 0 Å². The van der Waals surface area contributed by atoms with E-state index in [9.17, 15) is 4.79 Å². The van der Waals surface area contributed by atoms with Crippen LogP contribution in [0.5, 0.6) is 0 Å². The number of nitriles is 1. The minimum absolute atomic E-state index is 0.366. The first-order valence-electron chi connectivity index (χ1n) is 3.97. The molecule has 1 aliphatic carbocycles. The molecule has 1 aliphatic heterocycles. The maximum absolute atomic E-state index is 10.8. The van der Waals surface area contributed by atoms with E-state index in [4.69, 9.17) is 5.26 Å². The average Bonchev–Trinajstić information content (AvgIpc) is 2.23. The summed E-state index contributed by atoms with van der Waals surface area (Å²) in [6, 6.07) is 0. The van der Waals surface area contributed by atoms with E-state index in [-0.39, 0.29) is 5.54 Å². The first kappa shape index (κ1) is 6.66. The van der Waals surface area contributed by atoms with E-state index in [1.807, 2.05) is 0 Å². The topological polar surface area (TPSA) is 44.1 Å². The van der Waals surface area contributed by atoms with Gasteiger partial charge in [-0.05, 0) is 25.2 Å². The molecule has 1 heterocycles. The van der Waals surface area contributed by atoms with Crippen LogP contribution in [0.4, 0.5) is 0 Å². The summed E-state index contributed by atoms with van der Waals surface area (Å²) >= 11 is 0. The molecule has 3 nitrogen and oxygen atoms in total. The maximum Gasteiger partial charge on any atom is 0.180 e. The Labute approximate surface area is 65.6 Å². The predicted molar refractivity (Wildman–Crippen MR) is 38.5 cm³/mol.